The van der Waals surface area contributed by atoms with E-state index in [9.17, 15) is 9.59 Å². The number of hydrogen-bond donors (Lipinski definition) is 3. The van der Waals surface area contributed by atoms with Gasteiger partial charge < -0.3 is 16.2 Å². The average Bonchev–Trinajstić information content (AvgIpc) is 2.88. The molecule has 1 saturated carbocycles. The summed E-state index contributed by atoms with van der Waals surface area (Å²) in [4.78, 5) is 23.4. The third kappa shape index (κ3) is 19.0. The van der Waals surface area contributed by atoms with Gasteiger partial charge in [0.2, 0.25) is 5.91 Å². The number of rotatable bonds is 25. The fraction of sp³-hybridized carbons (Fsp3) is 0.935. The van der Waals surface area contributed by atoms with Crippen molar-refractivity contribution < 1.29 is 14.7 Å². The molecule has 4 N–H and O–H groups in total. The van der Waals surface area contributed by atoms with Gasteiger partial charge in [0.1, 0.15) is 0 Å². The van der Waals surface area contributed by atoms with E-state index in [2.05, 4.69) is 12.2 Å². The highest BCUT2D eigenvalue weighted by Crippen LogP contribution is 2.38. The number of hydrogen-bond acceptors (Lipinski definition) is 4. The number of carboxylic acids is 1. The molecule has 1 aliphatic rings. The fourth-order valence-electron chi connectivity index (χ4n) is 5.69. The Balaban J connectivity index is 1.82. The first-order chi connectivity index (χ1) is 18.0. The number of carboxylic acid groups (broad SMARTS) is 1. The maximum Gasteiger partial charge on any atom is 0.303 e. The second-order valence-electron chi connectivity index (χ2n) is 11.7. The van der Waals surface area contributed by atoms with Crippen molar-refractivity contribution in [1.29, 1.82) is 0 Å². The summed E-state index contributed by atoms with van der Waals surface area (Å²) >= 11 is 1.74. The summed E-state index contributed by atoms with van der Waals surface area (Å²) in [7, 11) is 0. The Bertz CT molecular complexity index is 565. The van der Waals surface area contributed by atoms with Gasteiger partial charge in [0.25, 0.3) is 0 Å². The van der Waals surface area contributed by atoms with Crippen LogP contribution in [0.1, 0.15) is 155 Å². The molecule has 1 rings (SSSR count). The first-order valence-corrected chi connectivity index (χ1v) is 17.0. The average molecular weight is 541 g/mol. The van der Waals surface area contributed by atoms with Crippen LogP contribution in [0.3, 0.4) is 0 Å². The van der Waals surface area contributed by atoms with Crippen molar-refractivity contribution in [2.75, 3.05) is 18.1 Å². The van der Waals surface area contributed by atoms with Gasteiger partial charge in [0.05, 0.1) is 12.2 Å². The zero-order chi connectivity index (χ0) is 27.0. The molecule has 0 unspecified atom stereocenters. The summed E-state index contributed by atoms with van der Waals surface area (Å²) in [6, 6.07) is 0.173. The van der Waals surface area contributed by atoms with Crippen LogP contribution >= 0.6 is 11.8 Å². The van der Waals surface area contributed by atoms with Crippen molar-refractivity contribution in [3.63, 3.8) is 0 Å². The predicted molar refractivity (Wildman–Crippen MR) is 160 cm³/mol. The van der Waals surface area contributed by atoms with E-state index in [-0.39, 0.29) is 23.8 Å². The second-order valence-corrected chi connectivity index (χ2v) is 12.8. The molecular weight excluding hydrogens is 480 g/mol. The van der Waals surface area contributed by atoms with E-state index in [0.717, 1.165) is 31.4 Å². The summed E-state index contributed by atoms with van der Waals surface area (Å²) in [5.74, 6) is 0.943. The molecule has 0 saturated heterocycles. The Kier molecular flexibility index (Phi) is 21.5. The third-order valence-electron chi connectivity index (χ3n) is 8.25. The summed E-state index contributed by atoms with van der Waals surface area (Å²) in [5, 5.41) is 12.3. The van der Waals surface area contributed by atoms with Crippen molar-refractivity contribution in [2.24, 2.45) is 11.1 Å². The largest absolute Gasteiger partial charge is 0.481 e. The Morgan fingerprint density at radius 1 is 0.784 bits per heavy atom. The van der Waals surface area contributed by atoms with E-state index in [1.807, 2.05) is 0 Å². The third-order valence-corrected chi connectivity index (χ3v) is 9.29. The van der Waals surface area contributed by atoms with E-state index in [1.54, 1.807) is 11.8 Å². The highest BCUT2D eigenvalue weighted by atomic mass is 32.2. The van der Waals surface area contributed by atoms with Crippen LogP contribution in [0.2, 0.25) is 0 Å². The first kappa shape index (κ1) is 34.3. The molecule has 0 atom stereocenters. The van der Waals surface area contributed by atoms with E-state index in [4.69, 9.17) is 10.8 Å². The molecule has 37 heavy (non-hydrogen) atoms. The number of nitrogens with two attached hydrogens (primary N) is 1. The maximum absolute atomic E-state index is 12.3. The van der Waals surface area contributed by atoms with Crippen molar-refractivity contribution >= 4 is 23.6 Å². The van der Waals surface area contributed by atoms with Gasteiger partial charge in [-0.05, 0) is 49.8 Å². The zero-order valence-corrected chi connectivity index (χ0v) is 25.0. The van der Waals surface area contributed by atoms with E-state index < -0.39 is 5.97 Å². The number of carbonyl (C=O) groups is 2. The van der Waals surface area contributed by atoms with Crippen LogP contribution in [0.15, 0.2) is 0 Å². The number of amides is 1. The molecule has 5 nitrogen and oxygen atoms in total. The second kappa shape index (κ2) is 23.2. The molecule has 218 valence electrons. The number of aliphatic carboxylic acids is 1. The summed E-state index contributed by atoms with van der Waals surface area (Å²) < 4.78 is 0. The van der Waals surface area contributed by atoms with Crippen LogP contribution in [0.4, 0.5) is 0 Å². The molecule has 1 amide bonds. The molecule has 0 radical (unpaired) electrons. The van der Waals surface area contributed by atoms with Crippen LogP contribution in [-0.4, -0.2) is 41.1 Å². The van der Waals surface area contributed by atoms with E-state index in [1.165, 1.54) is 116 Å². The SMILES string of the molecule is CCCCCCCCCCCCCCCCCCCCSCC(=O)NC1CCC(CN)(CC(=O)O)CC1. The fourth-order valence-corrected chi connectivity index (χ4v) is 6.51. The van der Waals surface area contributed by atoms with Gasteiger partial charge >= 0.3 is 5.97 Å². The minimum absolute atomic E-state index is 0.121. The summed E-state index contributed by atoms with van der Waals surface area (Å²) in [6.07, 6.45) is 28.5. The number of nitrogens with one attached hydrogen (secondary N) is 1. The van der Waals surface area contributed by atoms with Gasteiger partial charge in [-0.3, -0.25) is 9.59 Å². The molecule has 6 heteroatoms. The Labute approximate surface area is 233 Å². The Morgan fingerprint density at radius 3 is 1.62 bits per heavy atom. The van der Waals surface area contributed by atoms with Crippen LogP contribution in [0, 0.1) is 5.41 Å². The molecule has 0 aliphatic heterocycles. The smallest absolute Gasteiger partial charge is 0.303 e. The van der Waals surface area contributed by atoms with Crippen LogP contribution < -0.4 is 11.1 Å². The molecular formula is C31H60N2O3S. The zero-order valence-electron chi connectivity index (χ0n) is 24.2. The van der Waals surface area contributed by atoms with Gasteiger partial charge in [-0.15, -0.1) is 0 Å². The Morgan fingerprint density at radius 2 is 1.22 bits per heavy atom. The molecule has 0 aromatic heterocycles. The van der Waals surface area contributed by atoms with Crippen molar-refractivity contribution in [1.82, 2.24) is 5.32 Å². The summed E-state index contributed by atoms with van der Waals surface area (Å²) in [6.45, 7) is 2.70. The predicted octanol–water partition coefficient (Wildman–Crippen LogP) is 8.24. The summed E-state index contributed by atoms with van der Waals surface area (Å²) in [5.41, 5.74) is 5.58. The number of carbonyl (C=O) groups excluding carboxylic acids is 1. The highest BCUT2D eigenvalue weighted by molar-refractivity contribution is 7.99. The molecule has 1 fully saturated rings. The van der Waals surface area contributed by atoms with Crippen LogP contribution in [0.25, 0.3) is 0 Å². The van der Waals surface area contributed by atoms with Crippen LogP contribution in [-0.2, 0) is 9.59 Å². The molecule has 0 aromatic rings. The van der Waals surface area contributed by atoms with Gasteiger partial charge in [0, 0.05) is 6.04 Å². The highest BCUT2D eigenvalue weighted by Gasteiger charge is 2.36. The van der Waals surface area contributed by atoms with Gasteiger partial charge in [-0.1, -0.05) is 116 Å². The molecule has 0 aromatic carbocycles. The monoisotopic (exact) mass is 540 g/mol. The normalized spacial score (nSPS) is 19.7. The molecule has 0 spiro atoms. The minimum Gasteiger partial charge on any atom is -0.481 e. The molecule has 0 heterocycles. The van der Waals surface area contributed by atoms with Gasteiger partial charge in [-0.2, -0.15) is 11.8 Å². The minimum atomic E-state index is -0.774. The van der Waals surface area contributed by atoms with Crippen molar-refractivity contribution in [3.8, 4) is 0 Å². The standard InChI is InChI=1S/C31H60N2O3S/c1-2-3-4-5-6-7-8-9-10-11-12-13-14-15-16-17-18-19-24-37-26-29(34)33-28-20-22-31(27-32,23-21-28)25-30(35)36/h28H,2-27,32H2,1H3,(H,33,34)(H,35,36). The molecule has 1 aliphatic carbocycles. The Hall–Kier alpha value is -0.750. The van der Waals surface area contributed by atoms with Gasteiger partial charge in [0.15, 0.2) is 0 Å². The quantitative estimate of drug-likeness (QED) is 0.101. The molecule has 0 bridgehead atoms. The van der Waals surface area contributed by atoms with Crippen molar-refractivity contribution in [2.45, 2.75) is 161 Å². The van der Waals surface area contributed by atoms with Crippen molar-refractivity contribution in [3.05, 3.63) is 0 Å². The van der Waals surface area contributed by atoms with Gasteiger partial charge in [-0.25, -0.2) is 0 Å². The lowest BCUT2D eigenvalue weighted by molar-refractivity contribution is -0.140. The number of thioether (sulfide) groups is 1. The lowest BCUT2D eigenvalue weighted by Crippen LogP contribution is -2.44. The first-order valence-electron chi connectivity index (χ1n) is 15.8. The lowest BCUT2D eigenvalue weighted by Gasteiger charge is -2.38. The van der Waals surface area contributed by atoms with Crippen LogP contribution in [0.5, 0.6) is 0 Å². The maximum atomic E-state index is 12.3. The topological polar surface area (TPSA) is 92.4 Å². The van der Waals surface area contributed by atoms with E-state index in [0.29, 0.717) is 12.3 Å². The lowest BCUT2D eigenvalue weighted by atomic mass is 9.70. The number of unbranched alkanes of at least 4 members (excludes halogenated alkanes) is 17. The van der Waals surface area contributed by atoms with E-state index >= 15 is 0 Å².